The number of halogens is 3. The Balaban J connectivity index is 0.00000256. The zero-order chi connectivity index (χ0) is 12.3. The predicted molar refractivity (Wildman–Crippen MR) is 71.6 cm³/mol. The molecule has 0 amide bonds. The van der Waals surface area contributed by atoms with Crippen molar-refractivity contribution in [3.05, 3.63) is 27.2 Å². The van der Waals surface area contributed by atoms with Gasteiger partial charge in [-0.25, -0.2) is 0 Å². The Kier molecular flexibility index (Phi) is 6.85. The number of hydrogen-bond donors (Lipinski definition) is 2. The summed E-state index contributed by atoms with van der Waals surface area (Å²) in [5.74, 6) is -0.564. The molecule has 0 bridgehead atoms. The van der Waals surface area contributed by atoms with Gasteiger partial charge in [0.05, 0.1) is 18.6 Å². The van der Waals surface area contributed by atoms with Gasteiger partial charge in [0.15, 0.2) is 0 Å². The van der Waals surface area contributed by atoms with E-state index in [2.05, 4.69) is 20.7 Å². The van der Waals surface area contributed by atoms with Gasteiger partial charge in [-0.05, 0) is 12.1 Å². The molecule has 1 atom stereocenters. The topological polar surface area (TPSA) is 72.5 Å². The van der Waals surface area contributed by atoms with E-state index in [0.717, 1.165) is 0 Å². The minimum Gasteiger partial charge on any atom is -0.506 e. The number of benzene rings is 1. The fourth-order valence-corrected chi connectivity index (χ4v) is 2.05. The number of ether oxygens (including phenoxy) is 1. The number of phenols is 1. The second-order valence-corrected chi connectivity index (χ2v) is 4.44. The zero-order valence-electron chi connectivity index (χ0n) is 8.94. The van der Waals surface area contributed by atoms with E-state index in [1.807, 2.05) is 0 Å². The van der Waals surface area contributed by atoms with E-state index >= 15 is 0 Å². The van der Waals surface area contributed by atoms with E-state index in [0.29, 0.717) is 10.0 Å². The van der Waals surface area contributed by atoms with Crippen molar-refractivity contribution >= 4 is 45.9 Å². The van der Waals surface area contributed by atoms with E-state index < -0.39 is 12.0 Å². The normalized spacial score (nSPS) is 11.5. The minimum absolute atomic E-state index is 0. The molecule has 0 aliphatic rings. The predicted octanol–water partition coefficient (Wildman–Crippen LogP) is 2.79. The summed E-state index contributed by atoms with van der Waals surface area (Å²) >= 11 is 9.00. The molecule has 0 aromatic heterocycles. The molecule has 0 fully saturated rings. The molecule has 96 valence electrons. The first kappa shape index (κ1) is 16.5. The van der Waals surface area contributed by atoms with Crippen LogP contribution in [-0.4, -0.2) is 18.2 Å². The Hall–Kier alpha value is -0.490. The van der Waals surface area contributed by atoms with Crippen molar-refractivity contribution in [1.82, 2.24) is 0 Å². The molecule has 4 nitrogen and oxygen atoms in total. The van der Waals surface area contributed by atoms with Gasteiger partial charge in [0.2, 0.25) is 0 Å². The van der Waals surface area contributed by atoms with Crippen LogP contribution >= 0.6 is 39.9 Å². The Morgan fingerprint density at radius 1 is 1.65 bits per heavy atom. The van der Waals surface area contributed by atoms with Crippen LogP contribution in [0.5, 0.6) is 5.75 Å². The van der Waals surface area contributed by atoms with Crippen molar-refractivity contribution in [3.63, 3.8) is 0 Å². The molecule has 0 heterocycles. The van der Waals surface area contributed by atoms with Crippen LogP contribution in [0.1, 0.15) is 18.0 Å². The number of esters is 1. The van der Waals surface area contributed by atoms with Crippen molar-refractivity contribution in [2.45, 2.75) is 12.5 Å². The standard InChI is InChI=1S/C10H11BrClNO3.ClH/c1-16-8(14)4-7(13)9-5(11)2-3-6(12)10(9)15;/h2-3,7,15H,4,13H2,1H3;1H/t7-;/m0./s1. The van der Waals surface area contributed by atoms with Crippen molar-refractivity contribution < 1.29 is 14.6 Å². The first-order valence-electron chi connectivity index (χ1n) is 4.46. The molecular formula is C10H12BrCl2NO3. The van der Waals surface area contributed by atoms with Crippen LogP contribution in [0.3, 0.4) is 0 Å². The number of aromatic hydroxyl groups is 1. The molecule has 7 heteroatoms. The average Bonchev–Trinajstić information content (AvgIpc) is 2.24. The lowest BCUT2D eigenvalue weighted by Crippen LogP contribution is -2.17. The highest BCUT2D eigenvalue weighted by Gasteiger charge is 2.20. The third-order valence-corrected chi connectivity index (χ3v) is 3.10. The molecule has 1 aromatic rings. The van der Waals surface area contributed by atoms with Gasteiger partial charge in [0, 0.05) is 16.1 Å². The quantitative estimate of drug-likeness (QED) is 0.827. The average molecular weight is 345 g/mol. The summed E-state index contributed by atoms with van der Waals surface area (Å²) in [5, 5.41) is 9.93. The summed E-state index contributed by atoms with van der Waals surface area (Å²) in [7, 11) is 1.28. The molecule has 1 rings (SSSR count). The molecule has 0 unspecified atom stereocenters. The first-order chi connectivity index (χ1) is 7.47. The third kappa shape index (κ3) is 4.03. The summed E-state index contributed by atoms with van der Waals surface area (Å²) in [6, 6.07) is 2.53. The van der Waals surface area contributed by atoms with Crippen LogP contribution in [0, 0.1) is 0 Å². The number of nitrogens with two attached hydrogens (primary N) is 1. The van der Waals surface area contributed by atoms with Crippen LogP contribution in [0.15, 0.2) is 16.6 Å². The summed E-state index contributed by atoms with van der Waals surface area (Å²) in [5.41, 5.74) is 6.19. The molecular weight excluding hydrogens is 333 g/mol. The molecule has 3 N–H and O–H groups in total. The first-order valence-corrected chi connectivity index (χ1v) is 5.63. The number of hydrogen-bond acceptors (Lipinski definition) is 4. The van der Waals surface area contributed by atoms with Crippen molar-refractivity contribution in [3.8, 4) is 5.75 Å². The van der Waals surface area contributed by atoms with Crippen LogP contribution in [0.4, 0.5) is 0 Å². The van der Waals surface area contributed by atoms with E-state index in [4.69, 9.17) is 17.3 Å². The molecule has 17 heavy (non-hydrogen) atoms. The van der Waals surface area contributed by atoms with Gasteiger partial charge < -0.3 is 15.6 Å². The largest absolute Gasteiger partial charge is 0.506 e. The van der Waals surface area contributed by atoms with E-state index in [1.165, 1.54) is 13.2 Å². The number of carbonyl (C=O) groups is 1. The van der Waals surface area contributed by atoms with Crippen molar-refractivity contribution in [2.24, 2.45) is 5.73 Å². The number of methoxy groups -OCH3 is 1. The van der Waals surface area contributed by atoms with Gasteiger partial charge in [-0.1, -0.05) is 27.5 Å². The van der Waals surface area contributed by atoms with Crippen LogP contribution in [0.2, 0.25) is 5.02 Å². The highest BCUT2D eigenvalue weighted by molar-refractivity contribution is 9.10. The molecule has 0 saturated heterocycles. The smallest absolute Gasteiger partial charge is 0.307 e. The monoisotopic (exact) mass is 343 g/mol. The van der Waals surface area contributed by atoms with E-state index in [1.54, 1.807) is 6.07 Å². The second kappa shape index (κ2) is 7.06. The van der Waals surface area contributed by atoms with Gasteiger partial charge in [0.25, 0.3) is 0 Å². The lowest BCUT2D eigenvalue weighted by atomic mass is 10.0. The molecule has 1 aromatic carbocycles. The van der Waals surface area contributed by atoms with Crippen LogP contribution < -0.4 is 5.73 Å². The van der Waals surface area contributed by atoms with Gasteiger partial charge in [-0.15, -0.1) is 12.4 Å². The summed E-state index contributed by atoms with van der Waals surface area (Å²) in [6.07, 6.45) is -0.0248. The minimum atomic E-state index is -0.666. The van der Waals surface area contributed by atoms with Crippen LogP contribution in [-0.2, 0) is 9.53 Å². The summed E-state index contributed by atoms with van der Waals surface area (Å²) < 4.78 is 5.11. The molecule has 0 aliphatic heterocycles. The summed E-state index contributed by atoms with van der Waals surface area (Å²) in [6.45, 7) is 0. The highest BCUT2D eigenvalue weighted by Crippen LogP contribution is 2.37. The van der Waals surface area contributed by atoms with Gasteiger partial charge in [0.1, 0.15) is 5.75 Å². The Labute approximate surface area is 119 Å². The van der Waals surface area contributed by atoms with Crippen LogP contribution in [0.25, 0.3) is 0 Å². The number of carbonyl (C=O) groups excluding carboxylic acids is 1. The second-order valence-electron chi connectivity index (χ2n) is 3.18. The van der Waals surface area contributed by atoms with Crippen molar-refractivity contribution in [1.29, 1.82) is 0 Å². The Morgan fingerprint density at radius 3 is 2.76 bits per heavy atom. The fourth-order valence-electron chi connectivity index (χ4n) is 1.27. The maximum atomic E-state index is 11.1. The Morgan fingerprint density at radius 2 is 2.24 bits per heavy atom. The number of phenolic OH excluding ortho intramolecular Hbond substituents is 1. The highest BCUT2D eigenvalue weighted by atomic mass is 79.9. The maximum Gasteiger partial charge on any atom is 0.307 e. The van der Waals surface area contributed by atoms with E-state index in [-0.39, 0.29) is 29.6 Å². The van der Waals surface area contributed by atoms with Gasteiger partial charge in [-0.2, -0.15) is 0 Å². The lowest BCUT2D eigenvalue weighted by molar-refractivity contribution is -0.141. The lowest BCUT2D eigenvalue weighted by Gasteiger charge is -2.15. The van der Waals surface area contributed by atoms with Gasteiger partial charge >= 0.3 is 5.97 Å². The SMILES string of the molecule is COC(=O)C[C@H](N)c1c(Br)ccc(Cl)c1O.Cl. The fraction of sp³-hybridized carbons (Fsp3) is 0.300. The molecule has 0 spiro atoms. The number of rotatable bonds is 3. The van der Waals surface area contributed by atoms with Gasteiger partial charge in [-0.3, -0.25) is 4.79 Å². The molecule has 0 saturated carbocycles. The third-order valence-electron chi connectivity index (χ3n) is 2.10. The molecule has 0 aliphatic carbocycles. The van der Waals surface area contributed by atoms with Crippen molar-refractivity contribution in [2.75, 3.05) is 7.11 Å². The maximum absolute atomic E-state index is 11.1. The Bertz CT molecular complexity index is 415. The molecule has 0 radical (unpaired) electrons. The zero-order valence-corrected chi connectivity index (χ0v) is 12.1. The van der Waals surface area contributed by atoms with E-state index in [9.17, 15) is 9.90 Å². The summed E-state index contributed by atoms with van der Waals surface area (Å²) in [4.78, 5) is 11.1.